The summed E-state index contributed by atoms with van der Waals surface area (Å²) in [5.74, 6) is 1.19. The molecule has 0 saturated heterocycles. The Morgan fingerprint density at radius 3 is 1.62 bits per heavy atom. The van der Waals surface area contributed by atoms with E-state index in [2.05, 4.69) is 105 Å². The third kappa shape index (κ3) is 6.94. The minimum Gasteiger partial charge on any atom is -0.264 e. The first-order valence-electron chi connectivity index (χ1n) is 9.88. The lowest BCUT2D eigenvalue weighted by Gasteiger charge is -2.20. The summed E-state index contributed by atoms with van der Waals surface area (Å²) < 4.78 is 0. The largest absolute Gasteiger partial charge is 0.264 e. The van der Waals surface area contributed by atoms with Crippen LogP contribution in [0.4, 0.5) is 0 Å². The molecule has 1 nitrogen and oxygen atoms in total. The van der Waals surface area contributed by atoms with Gasteiger partial charge in [0, 0.05) is 12.4 Å². The van der Waals surface area contributed by atoms with Crippen LogP contribution in [0.1, 0.15) is 103 Å². The summed E-state index contributed by atoms with van der Waals surface area (Å²) in [4.78, 5) is 4.27. The zero-order valence-corrected chi connectivity index (χ0v) is 18.6. The molecule has 0 unspecified atom stereocenters. The van der Waals surface area contributed by atoms with E-state index in [9.17, 15) is 0 Å². The maximum absolute atomic E-state index is 4.27. The Labute approximate surface area is 162 Å². The summed E-state index contributed by atoms with van der Waals surface area (Å²) >= 11 is 0. The van der Waals surface area contributed by atoms with E-state index < -0.39 is 0 Å². The standard InChI is InChI=1S/C13H20.C12H19N/c1-10(2)11-7-6-8-12(9-11)13(3,4)5;1-9(2)10-6-11(8-13-7-10)12(3,4)5/h6-10H,1-5H3;6-9H,1-5H3. The molecule has 0 N–H and O–H groups in total. The first-order chi connectivity index (χ1) is 11.8. The average molecular weight is 354 g/mol. The van der Waals surface area contributed by atoms with Crippen LogP contribution in [0.5, 0.6) is 0 Å². The van der Waals surface area contributed by atoms with E-state index in [0.29, 0.717) is 11.8 Å². The maximum Gasteiger partial charge on any atom is 0.0305 e. The van der Waals surface area contributed by atoms with Crippen molar-refractivity contribution in [3.8, 4) is 0 Å². The number of nitrogens with zero attached hydrogens (tertiary/aromatic N) is 1. The van der Waals surface area contributed by atoms with E-state index in [1.807, 2.05) is 12.4 Å². The highest BCUT2D eigenvalue weighted by Crippen LogP contribution is 2.25. The number of rotatable bonds is 2. The second kappa shape index (κ2) is 8.84. The van der Waals surface area contributed by atoms with Gasteiger partial charge in [-0.15, -0.1) is 0 Å². The molecule has 0 amide bonds. The molecule has 0 saturated carbocycles. The van der Waals surface area contributed by atoms with E-state index in [-0.39, 0.29) is 10.8 Å². The van der Waals surface area contributed by atoms with Crippen LogP contribution in [-0.2, 0) is 10.8 Å². The predicted molar refractivity (Wildman–Crippen MR) is 116 cm³/mol. The zero-order chi connectivity index (χ0) is 20.1. The molecule has 1 heteroatoms. The van der Waals surface area contributed by atoms with Crippen LogP contribution < -0.4 is 0 Å². The fraction of sp³-hybridized carbons (Fsp3) is 0.560. The number of benzene rings is 1. The van der Waals surface area contributed by atoms with Crippen LogP contribution in [0.15, 0.2) is 42.7 Å². The molecule has 1 aromatic heterocycles. The van der Waals surface area contributed by atoms with Gasteiger partial charge in [0.05, 0.1) is 0 Å². The van der Waals surface area contributed by atoms with Gasteiger partial charge >= 0.3 is 0 Å². The fourth-order valence-electron chi connectivity index (χ4n) is 2.55. The molecule has 0 aliphatic rings. The SMILES string of the molecule is CC(C)c1cccc(C(C)(C)C)c1.CC(C)c1cncc(C(C)(C)C)c1. The lowest BCUT2D eigenvalue weighted by Crippen LogP contribution is -2.12. The quantitative estimate of drug-likeness (QED) is 0.541. The van der Waals surface area contributed by atoms with Gasteiger partial charge in [0.2, 0.25) is 0 Å². The molecular weight excluding hydrogens is 314 g/mol. The van der Waals surface area contributed by atoms with E-state index in [1.165, 1.54) is 22.3 Å². The second-order valence-electron chi connectivity index (χ2n) is 9.94. The predicted octanol–water partition coefficient (Wildman–Crippen LogP) is 7.61. The first kappa shape index (κ1) is 22.4. The highest BCUT2D eigenvalue weighted by molar-refractivity contribution is 5.30. The Bertz CT molecular complexity index is 620. The van der Waals surface area contributed by atoms with E-state index in [4.69, 9.17) is 0 Å². The maximum atomic E-state index is 4.27. The summed E-state index contributed by atoms with van der Waals surface area (Å²) in [6, 6.07) is 11.2. The lowest BCUT2D eigenvalue weighted by molar-refractivity contribution is 0.585. The Balaban J connectivity index is 0.000000260. The molecule has 0 spiro atoms. The van der Waals surface area contributed by atoms with Crippen LogP contribution in [-0.4, -0.2) is 4.98 Å². The van der Waals surface area contributed by atoms with Crippen molar-refractivity contribution in [3.63, 3.8) is 0 Å². The van der Waals surface area contributed by atoms with Crippen LogP contribution in [0.3, 0.4) is 0 Å². The molecule has 0 fully saturated rings. The Kier molecular flexibility index (Phi) is 7.62. The normalized spacial score (nSPS) is 12.2. The monoisotopic (exact) mass is 353 g/mol. The van der Waals surface area contributed by atoms with Crippen molar-refractivity contribution in [2.75, 3.05) is 0 Å². The molecule has 0 radical (unpaired) electrons. The van der Waals surface area contributed by atoms with Gasteiger partial charge in [-0.05, 0) is 44.9 Å². The molecule has 2 rings (SSSR count). The minimum atomic E-state index is 0.206. The third-order valence-corrected chi connectivity index (χ3v) is 4.71. The van der Waals surface area contributed by atoms with Gasteiger partial charge in [-0.1, -0.05) is 99.6 Å². The number of aromatic nitrogens is 1. The molecular formula is C25H39N. The van der Waals surface area contributed by atoms with Crippen molar-refractivity contribution in [3.05, 3.63) is 65.0 Å². The van der Waals surface area contributed by atoms with Crippen LogP contribution in [0, 0.1) is 0 Å². The van der Waals surface area contributed by atoms with Crippen molar-refractivity contribution in [2.45, 2.75) is 91.9 Å². The van der Waals surface area contributed by atoms with Crippen molar-refractivity contribution in [2.24, 2.45) is 0 Å². The molecule has 0 bridgehead atoms. The minimum absolute atomic E-state index is 0.206. The van der Waals surface area contributed by atoms with Gasteiger partial charge < -0.3 is 0 Å². The van der Waals surface area contributed by atoms with Gasteiger partial charge in [-0.2, -0.15) is 0 Å². The van der Waals surface area contributed by atoms with Gasteiger partial charge in [-0.25, -0.2) is 0 Å². The lowest BCUT2D eigenvalue weighted by atomic mass is 9.85. The van der Waals surface area contributed by atoms with Gasteiger partial charge in [0.1, 0.15) is 0 Å². The highest BCUT2D eigenvalue weighted by Gasteiger charge is 2.15. The first-order valence-corrected chi connectivity index (χ1v) is 9.88. The Hall–Kier alpha value is -1.63. The smallest absolute Gasteiger partial charge is 0.0305 e. The van der Waals surface area contributed by atoms with Crippen LogP contribution in [0.2, 0.25) is 0 Å². The molecule has 2 aromatic rings. The average Bonchev–Trinajstić information content (AvgIpc) is 2.54. The Morgan fingerprint density at radius 2 is 1.15 bits per heavy atom. The number of pyridine rings is 1. The molecule has 0 aliphatic carbocycles. The molecule has 0 aliphatic heterocycles. The number of hydrogen-bond acceptors (Lipinski definition) is 1. The zero-order valence-electron chi connectivity index (χ0n) is 18.6. The molecule has 26 heavy (non-hydrogen) atoms. The van der Waals surface area contributed by atoms with Gasteiger partial charge in [0.15, 0.2) is 0 Å². The van der Waals surface area contributed by atoms with Crippen molar-refractivity contribution in [1.82, 2.24) is 4.98 Å². The Morgan fingerprint density at radius 1 is 0.654 bits per heavy atom. The van der Waals surface area contributed by atoms with Crippen LogP contribution >= 0.6 is 0 Å². The summed E-state index contributed by atoms with van der Waals surface area (Å²) in [6.45, 7) is 22.3. The van der Waals surface area contributed by atoms with Crippen LogP contribution in [0.25, 0.3) is 0 Å². The van der Waals surface area contributed by atoms with E-state index in [1.54, 1.807) is 0 Å². The topological polar surface area (TPSA) is 12.9 Å². The van der Waals surface area contributed by atoms with Gasteiger partial charge in [-0.3, -0.25) is 4.98 Å². The summed E-state index contributed by atoms with van der Waals surface area (Å²) in [5, 5.41) is 0. The third-order valence-electron chi connectivity index (χ3n) is 4.71. The molecule has 1 aromatic carbocycles. The highest BCUT2D eigenvalue weighted by atomic mass is 14.6. The summed E-state index contributed by atoms with van der Waals surface area (Å²) in [5.41, 5.74) is 5.99. The second-order valence-corrected chi connectivity index (χ2v) is 9.94. The molecule has 0 atom stereocenters. The molecule has 144 valence electrons. The van der Waals surface area contributed by atoms with Crippen molar-refractivity contribution in [1.29, 1.82) is 0 Å². The van der Waals surface area contributed by atoms with Crippen molar-refractivity contribution >= 4 is 0 Å². The number of hydrogen-bond donors (Lipinski definition) is 0. The van der Waals surface area contributed by atoms with E-state index in [0.717, 1.165) is 0 Å². The summed E-state index contributed by atoms with van der Waals surface area (Å²) in [6.07, 6.45) is 3.92. The molecule has 1 heterocycles. The van der Waals surface area contributed by atoms with Crippen molar-refractivity contribution < 1.29 is 0 Å². The summed E-state index contributed by atoms with van der Waals surface area (Å²) in [7, 11) is 0. The van der Waals surface area contributed by atoms with Gasteiger partial charge in [0.25, 0.3) is 0 Å². The van der Waals surface area contributed by atoms with E-state index >= 15 is 0 Å². The fourth-order valence-corrected chi connectivity index (χ4v) is 2.55.